The van der Waals surface area contributed by atoms with Gasteiger partial charge in [-0.2, -0.15) is 5.26 Å². The highest BCUT2D eigenvalue weighted by atomic mass is 16.6. The second-order valence-corrected chi connectivity index (χ2v) is 4.05. The molecule has 1 aromatic carbocycles. The predicted octanol–water partition coefficient (Wildman–Crippen LogP) is 2.06. The number of nitrogens with one attached hydrogen (secondary N) is 1. The molecule has 0 saturated carbocycles. The zero-order valence-electron chi connectivity index (χ0n) is 10.4. The maximum Gasteiger partial charge on any atom is 0.276 e. The largest absolute Gasteiger partial charge is 0.383 e. The minimum atomic E-state index is -0.523. The highest BCUT2D eigenvalue weighted by Crippen LogP contribution is 2.19. The third-order valence-electron chi connectivity index (χ3n) is 2.60. The van der Waals surface area contributed by atoms with Gasteiger partial charge < -0.3 is 11.1 Å². The van der Waals surface area contributed by atoms with Crippen LogP contribution in [0.2, 0.25) is 0 Å². The SMILES string of the molecule is N#Cc1ccc(CNc2cc([N+](=O)[O-])cc(N)n2)cc1. The van der Waals surface area contributed by atoms with E-state index in [1.807, 2.05) is 6.07 Å². The number of rotatable bonds is 4. The van der Waals surface area contributed by atoms with Crippen LogP contribution in [0.25, 0.3) is 0 Å². The molecular weight excluding hydrogens is 258 g/mol. The van der Waals surface area contributed by atoms with Crippen molar-refractivity contribution in [1.82, 2.24) is 4.98 Å². The number of hydrogen-bond acceptors (Lipinski definition) is 6. The lowest BCUT2D eigenvalue weighted by Gasteiger charge is -2.06. The van der Waals surface area contributed by atoms with E-state index in [-0.39, 0.29) is 11.5 Å². The van der Waals surface area contributed by atoms with E-state index in [4.69, 9.17) is 11.0 Å². The zero-order chi connectivity index (χ0) is 14.5. The molecule has 0 bridgehead atoms. The van der Waals surface area contributed by atoms with Crippen LogP contribution in [0.1, 0.15) is 11.1 Å². The molecule has 0 unspecified atom stereocenters. The Labute approximate surface area is 114 Å². The molecule has 20 heavy (non-hydrogen) atoms. The first-order valence-corrected chi connectivity index (χ1v) is 5.73. The van der Waals surface area contributed by atoms with Crippen LogP contribution in [0.5, 0.6) is 0 Å². The van der Waals surface area contributed by atoms with Crippen molar-refractivity contribution in [1.29, 1.82) is 5.26 Å². The second-order valence-electron chi connectivity index (χ2n) is 4.05. The van der Waals surface area contributed by atoms with Crippen molar-refractivity contribution in [2.75, 3.05) is 11.1 Å². The van der Waals surface area contributed by atoms with E-state index in [0.717, 1.165) is 5.56 Å². The first kappa shape index (κ1) is 13.3. The second kappa shape index (κ2) is 5.67. The lowest BCUT2D eigenvalue weighted by Crippen LogP contribution is -2.04. The number of pyridine rings is 1. The van der Waals surface area contributed by atoms with Crippen LogP contribution >= 0.6 is 0 Å². The summed E-state index contributed by atoms with van der Waals surface area (Å²) in [6.45, 7) is 0.430. The van der Waals surface area contributed by atoms with Gasteiger partial charge in [0.1, 0.15) is 11.6 Å². The van der Waals surface area contributed by atoms with Crippen molar-refractivity contribution in [3.05, 3.63) is 57.6 Å². The number of nitriles is 1. The molecule has 0 aliphatic heterocycles. The number of nitro groups is 1. The summed E-state index contributed by atoms with van der Waals surface area (Å²) in [7, 11) is 0. The molecule has 0 aliphatic carbocycles. The summed E-state index contributed by atoms with van der Waals surface area (Å²) in [5.74, 6) is 0.419. The van der Waals surface area contributed by atoms with Crippen LogP contribution in [0.4, 0.5) is 17.3 Å². The summed E-state index contributed by atoms with van der Waals surface area (Å²) in [6.07, 6.45) is 0. The minimum Gasteiger partial charge on any atom is -0.383 e. The first-order valence-electron chi connectivity index (χ1n) is 5.73. The molecule has 0 spiro atoms. The smallest absolute Gasteiger partial charge is 0.276 e. The monoisotopic (exact) mass is 269 g/mol. The molecule has 0 saturated heterocycles. The number of nitrogens with two attached hydrogens (primary N) is 1. The molecule has 2 rings (SSSR count). The summed E-state index contributed by atoms with van der Waals surface area (Å²) < 4.78 is 0. The van der Waals surface area contributed by atoms with Gasteiger partial charge in [-0.3, -0.25) is 10.1 Å². The van der Waals surface area contributed by atoms with Gasteiger partial charge in [0.15, 0.2) is 0 Å². The van der Waals surface area contributed by atoms with Crippen LogP contribution in [-0.2, 0) is 6.54 Å². The first-order chi connectivity index (χ1) is 9.58. The van der Waals surface area contributed by atoms with Gasteiger partial charge in [0.25, 0.3) is 5.69 Å². The van der Waals surface area contributed by atoms with Crippen molar-refractivity contribution in [2.24, 2.45) is 0 Å². The highest BCUT2D eigenvalue weighted by Gasteiger charge is 2.09. The molecule has 0 radical (unpaired) electrons. The van der Waals surface area contributed by atoms with Gasteiger partial charge in [-0.05, 0) is 17.7 Å². The fourth-order valence-electron chi connectivity index (χ4n) is 1.62. The predicted molar refractivity (Wildman–Crippen MR) is 73.8 cm³/mol. The average Bonchev–Trinajstić information content (AvgIpc) is 2.45. The van der Waals surface area contributed by atoms with E-state index >= 15 is 0 Å². The number of nitrogens with zero attached hydrogens (tertiary/aromatic N) is 3. The molecule has 2 aromatic rings. The van der Waals surface area contributed by atoms with E-state index in [1.54, 1.807) is 24.3 Å². The third kappa shape index (κ3) is 3.20. The molecule has 7 heteroatoms. The van der Waals surface area contributed by atoms with Crippen molar-refractivity contribution < 1.29 is 4.92 Å². The van der Waals surface area contributed by atoms with Gasteiger partial charge in [0, 0.05) is 6.54 Å². The van der Waals surface area contributed by atoms with Crippen LogP contribution in [0, 0.1) is 21.4 Å². The number of nitrogen functional groups attached to an aromatic ring is 1. The van der Waals surface area contributed by atoms with Crippen LogP contribution in [-0.4, -0.2) is 9.91 Å². The van der Waals surface area contributed by atoms with Crippen molar-refractivity contribution in [3.63, 3.8) is 0 Å². The molecule has 0 atom stereocenters. The van der Waals surface area contributed by atoms with Gasteiger partial charge in [-0.1, -0.05) is 12.1 Å². The number of anilines is 2. The maximum atomic E-state index is 10.7. The fraction of sp³-hybridized carbons (Fsp3) is 0.0769. The Hall–Kier alpha value is -3.14. The summed E-state index contributed by atoms with van der Waals surface area (Å²) in [4.78, 5) is 14.2. The summed E-state index contributed by atoms with van der Waals surface area (Å²) >= 11 is 0. The molecule has 1 aromatic heterocycles. The molecular formula is C13H11N5O2. The van der Waals surface area contributed by atoms with Gasteiger partial charge in [0.2, 0.25) is 0 Å². The number of aromatic nitrogens is 1. The minimum absolute atomic E-state index is 0.0847. The Kier molecular flexibility index (Phi) is 3.77. The van der Waals surface area contributed by atoms with Crippen LogP contribution in [0.3, 0.4) is 0 Å². The Balaban J connectivity index is 2.10. The average molecular weight is 269 g/mol. The van der Waals surface area contributed by atoms with Gasteiger partial charge >= 0.3 is 0 Å². The molecule has 1 heterocycles. The lowest BCUT2D eigenvalue weighted by molar-refractivity contribution is -0.384. The van der Waals surface area contributed by atoms with E-state index in [9.17, 15) is 10.1 Å². The topological polar surface area (TPSA) is 118 Å². The van der Waals surface area contributed by atoms with E-state index in [0.29, 0.717) is 17.9 Å². The van der Waals surface area contributed by atoms with Crippen molar-refractivity contribution in [3.8, 4) is 6.07 Å². The summed E-state index contributed by atoms with van der Waals surface area (Å²) in [5, 5.41) is 22.4. The molecule has 0 fully saturated rings. The standard InChI is InChI=1S/C13H11N5O2/c14-7-9-1-3-10(4-2-9)8-16-13-6-11(18(19)20)5-12(15)17-13/h1-6H,8H2,(H3,15,16,17). The zero-order valence-corrected chi connectivity index (χ0v) is 10.4. The summed E-state index contributed by atoms with van der Waals surface area (Å²) in [6, 6.07) is 11.5. The van der Waals surface area contributed by atoms with E-state index in [2.05, 4.69) is 10.3 Å². The van der Waals surface area contributed by atoms with Crippen LogP contribution < -0.4 is 11.1 Å². The molecule has 7 nitrogen and oxygen atoms in total. The van der Waals surface area contributed by atoms with Crippen molar-refractivity contribution in [2.45, 2.75) is 6.54 Å². The maximum absolute atomic E-state index is 10.7. The number of hydrogen-bond donors (Lipinski definition) is 2. The van der Waals surface area contributed by atoms with E-state index in [1.165, 1.54) is 12.1 Å². The van der Waals surface area contributed by atoms with Crippen LogP contribution in [0.15, 0.2) is 36.4 Å². The van der Waals surface area contributed by atoms with E-state index < -0.39 is 4.92 Å². The van der Waals surface area contributed by atoms with Gasteiger partial charge in [0.05, 0.1) is 28.7 Å². The summed E-state index contributed by atoms with van der Waals surface area (Å²) in [5.41, 5.74) is 6.90. The Bertz CT molecular complexity index is 676. The molecule has 3 N–H and O–H groups in total. The Morgan fingerprint density at radius 1 is 1.35 bits per heavy atom. The Morgan fingerprint density at radius 3 is 2.65 bits per heavy atom. The normalized spacial score (nSPS) is 9.75. The highest BCUT2D eigenvalue weighted by molar-refractivity contribution is 5.52. The number of benzene rings is 1. The van der Waals surface area contributed by atoms with Gasteiger partial charge in [-0.15, -0.1) is 0 Å². The van der Waals surface area contributed by atoms with Crippen molar-refractivity contribution >= 4 is 17.3 Å². The fourth-order valence-corrected chi connectivity index (χ4v) is 1.62. The Morgan fingerprint density at radius 2 is 2.05 bits per heavy atom. The molecule has 0 aliphatic rings. The molecule has 100 valence electrons. The van der Waals surface area contributed by atoms with Gasteiger partial charge in [-0.25, -0.2) is 4.98 Å². The quantitative estimate of drug-likeness (QED) is 0.647. The molecule has 0 amide bonds. The lowest BCUT2D eigenvalue weighted by atomic mass is 10.1. The third-order valence-corrected chi connectivity index (χ3v) is 2.60.